The van der Waals surface area contributed by atoms with Gasteiger partial charge in [-0.05, 0) is 44.1 Å². The Kier molecular flexibility index (Phi) is 7.50. The number of ether oxygens (including phenoxy) is 1. The van der Waals surface area contributed by atoms with Crippen LogP contribution < -0.4 is 4.74 Å². The Morgan fingerprint density at radius 1 is 1.35 bits per heavy atom. The van der Waals surface area contributed by atoms with Gasteiger partial charge in [-0.3, -0.25) is 4.79 Å². The summed E-state index contributed by atoms with van der Waals surface area (Å²) in [4.78, 5) is 11.2. The van der Waals surface area contributed by atoms with Gasteiger partial charge in [0.25, 0.3) is 0 Å². The lowest BCUT2D eigenvalue weighted by molar-refractivity contribution is -0.143. The van der Waals surface area contributed by atoms with Crippen LogP contribution in [0, 0.1) is 23.2 Å². The quantitative estimate of drug-likeness (QED) is 0.649. The van der Waals surface area contributed by atoms with Crippen molar-refractivity contribution in [2.75, 3.05) is 6.61 Å². The van der Waals surface area contributed by atoms with Gasteiger partial charge in [-0.15, -0.1) is 0 Å². The highest BCUT2D eigenvalue weighted by atomic mass is 16.5. The summed E-state index contributed by atoms with van der Waals surface area (Å²) in [7, 11) is 0. The largest absolute Gasteiger partial charge is 0.493 e. The summed E-state index contributed by atoms with van der Waals surface area (Å²) in [5.41, 5.74) is 0.296. The first kappa shape index (κ1) is 20.3. The molecule has 1 saturated carbocycles. The van der Waals surface area contributed by atoms with Gasteiger partial charge in [-0.1, -0.05) is 51.3 Å². The molecule has 2 rings (SSSR count). The number of carboxylic acid groups (broad SMARTS) is 1. The second-order valence-corrected chi connectivity index (χ2v) is 7.53. The van der Waals surface area contributed by atoms with Crippen molar-refractivity contribution in [2.45, 2.75) is 70.6 Å². The van der Waals surface area contributed by atoms with Gasteiger partial charge in [0.05, 0.1) is 24.0 Å². The Bertz CT molecular complexity index is 627. The topological polar surface area (TPSA) is 70.3 Å². The van der Waals surface area contributed by atoms with Crippen molar-refractivity contribution < 1.29 is 14.6 Å². The van der Waals surface area contributed by atoms with Gasteiger partial charge in [0.15, 0.2) is 0 Å². The van der Waals surface area contributed by atoms with Gasteiger partial charge < -0.3 is 9.84 Å². The molecule has 1 aromatic carbocycles. The molecule has 1 unspecified atom stereocenters. The first-order valence-corrected chi connectivity index (χ1v) is 9.92. The molecule has 4 nitrogen and oxygen atoms in total. The number of hydrogen-bond donors (Lipinski definition) is 1. The van der Waals surface area contributed by atoms with Crippen molar-refractivity contribution in [1.82, 2.24) is 0 Å². The lowest BCUT2D eigenvalue weighted by Gasteiger charge is -2.35. The number of carboxylic acids is 1. The number of benzene rings is 1. The van der Waals surface area contributed by atoms with E-state index in [9.17, 15) is 15.2 Å². The van der Waals surface area contributed by atoms with E-state index >= 15 is 0 Å². The smallest absolute Gasteiger partial charge is 0.306 e. The minimum atomic E-state index is -0.747. The van der Waals surface area contributed by atoms with Crippen molar-refractivity contribution in [1.29, 1.82) is 5.26 Å². The molecule has 142 valence electrons. The van der Waals surface area contributed by atoms with Gasteiger partial charge >= 0.3 is 5.97 Å². The van der Waals surface area contributed by atoms with Crippen LogP contribution in [0.2, 0.25) is 0 Å². The van der Waals surface area contributed by atoms with Crippen molar-refractivity contribution in [2.24, 2.45) is 11.8 Å². The third kappa shape index (κ3) is 4.78. The van der Waals surface area contributed by atoms with E-state index in [4.69, 9.17) is 4.74 Å². The number of nitriles is 1. The SMILES string of the molecule is CCCCC(CC)COc1ccccc1[C@]1(C#N)CC[C@H](C(=O)O)CC1. The van der Waals surface area contributed by atoms with Crippen molar-refractivity contribution in [3.8, 4) is 11.8 Å². The van der Waals surface area contributed by atoms with Gasteiger partial charge in [-0.25, -0.2) is 0 Å². The zero-order valence-corrected chi connectivity index (χ0v) is 16.0. The average Bonchev–Trinajstić information content (AvgIpc) is 2.68. The van der Waals surface area contributed by atoms with Crippen LogP contribution in [0.25, 0.3) is 0 Å². The van der Waals surface area contributed by atoms with E-state index in [2.05, 4.69) is 19.9 Å². The first-order chi connectivity index (χ1) is 12.6. The van der Waals surface area contributed by atoms with E-state index in [-0.39, 0.29) is 5.92 Å². The van der Waals surface area contributed by atoms with Gasteiger partial charge in [0.2, 0.25) is 0 Å². The van der Waals surface area contributed by atoms with E-state index in [1.807, 2.05) is 24.3 Å². The Labute approximate surface area is 157 Å². The minimum absolute atomic E-state index is 0.330. The lowest BCUT2D eigenvalue weighted by atomic mass is 9.67. The van der Waals surface area contributed by atoms with Crippen LogP contribution in [-0.4, -0.2) is 17.7 Å². The second-order valence-electron chi connectivity index (χ2n) is 7.53. The molecule has 0 spiro atoms. The molecule has 0 saturated heterocycles. The third-order valence-corrected chi connectivity index (χ3v) is 5.82. The molecule has 1 aliphatic rings. The number of nitrogens with zero attached hydrogens (tertiary/aromatic N) is 1. The van der Waals surface area contributed by atoms with Crippen LogP contribution in [0.15, 0.2) is 24.3 Å². The second kappa shape index (κ2) is 9.62. The van der Waals surface area contributed by atoms with Gasteiger partial charge in [0, 0.05) is 5.56 Å². The van der Waals surface area contributed by atoms with Crippen LogP contribution >= 0.6 is 0 Å². The average molecular weight is 357 g/mol. The van der Waals surface area contributed by atoms with Crippen LogP contribution in [0.5, 0.6) is 5.75 Å². The molecule has 26 heavy (non-hydrogen) atoms. The van der Waals surface area contributed by atoms with Gasteiger partial charge in [0.1, 0.15) is 5.75 Å². The molecule has 1 aliphatic carbocycles. The molecule has 1 N–H and O–H groups in total. The van der Waals surface area contributed by atoms with Crippen molar-refractivity contribution in [3.05, 3.63) is 29.8 Å². The fourth-order valence-corrected chi connectivity index (χ4v) is 3.89. The third-order valence-electron chi connectivity index (χ3n) is 5.82. The standard InChI is InChI=1S/C22H31NO3/c1-3-5-8-17(4-2)15-26-20-10-7-6-9-19(20)22(16-23)13-11-18(12-14-22)21(24)25/h6-7,9-10,17-18H,3-5,8,11-15H2,1-2H3,(H,24,25)/t17?,18-,22+. The van der Waals surface area contributed by atoms with Gasteiger partial charge in [-0.2, -0.15) is 5.26 Å². The molecule has 1 aromatic rings. The molecular weight excluding hydrogens is 326 g/mol. The molecule has 4 heteroatoms. The summed E-state index contributed by atoms with van der Waals surface area (Å²) >= 11 is 0. The molecule has 0 bridgehead atoms. The van der Waals surface area contributed by atoms with Crippen molar-refractivity contribution in [3.63, 3.8) is 0 Å². The molecule has 0 amide bonds. The highest BCUT2D eigenvalue weighted by Gasteiger charge is 2.40. The highest BCUT2D eigenvalue weighted by Crippen LogP contribution is 2.44. The molecule has 0 aliphatic heterocycles. The predicted octanol–water partition coefficient (Wildman–Crippen LogP) is 5.32. The Morgan fingerprint density at radius 2 is 2.04 bits per heavy atom. The predicted molar refractivity (Wildman–Crippen MR) is 102 cm³/mol. The lowest BCUT2D eigenvalue weighted by Crippen LogP contribution is -2.33. The molecule has 0 aromatic heterocycles. The zero-order valence-electron chi connectivity index (χ0n) is 16.0. The zero-order chi connectivity index (χ0) is 19.0. The summed E-state index contributed by atoms with van der Waals surface area (Å²) in [5.74, 6) is 0.243. The van der Waals surface area contributed by atoms with Crippen LogP contribution in [0.3, 0.4) is 0 Å². The summed E-state index contributed by atoms with van der Waals surface area (Å²) in [6, 6.07) is 10.3. The molecule has 0 radical (unpaired) electrons. The maximum atomic E-state index is 11.2. The minimum Gasteiger partial charge on any atom is -0.493 e. The van der Waals surface area contributed by atoms with E-state index in [0.717, 1.165) is 17.7 Å². The first-order valence-electron chi connectivity index (χ1n) is 9.92. The van der Waals surface area contributed by atoms with Crippen LogP contribution in [0.4, 0.5) is 0 Å². The fourth-order valence-electron chi connectivity index (χ4n) is 3.89. The van der Waals surface area contributed by atoms with E-state index in [1.54, 1.807) is 0 Å². The molecular formula is C22H31NO3. The van der Waals surface area contributed by atoms with E-state index in [1.165, 1.54) is 19.3 Å². The molecule has 1 fully saturated rings. The summed E-state index contributed by atoms with van der Waals surface area (Å²) in [6.07, 6.45) is 6.90. The Balaban J connectivity index is 2.14. The number of rotatable bonds is 9. The number of carbonyl (C=O) groups is 1. The Hall–Kier alpha value is -2.02. The number of aliphatic carboxylic acids is 1. The fraction of sp³-hybridized carbons (Fsp3) is 0.636. The maximum Gasteiger partial charge on any atom is 0.306 e. The number of hydrogen-bond acceptors (Lipinski definition) is 3. The summed E-state index contributed by atoms with van der Waals surface area (Å²) in [6.45, 7) is 5.07. The number of para-hydroxylation sites is 1. The monoisotopic (exact) mass is 357 g/mol. The van der Waals surface area contributed by atoms with E-state index in [0.29, 0.717) is 38.2 Å². The summed E-state index contributed by atoms with van der Waals surface area (Å²) < 4.78 is 6.17. The molecule has 0 heterocycles. The normalized spacial score (nSPS) is 23.8. The van der Waals surface area contributed by atoms with Crippen LogP contribution in [0.1, 0.15) is 70.8 Å². The highest BCUT2D eigenvalue weighted by molar-refractivity contribution is 5.70. The summed E-state index contributed by atoms with van der Waals surface area (Å²) in [5, 5.41) is 19.2. The molecule has 1 atom stereocenters. The van der Waals surface area contributed by atoms with E-state index < -0.39 is 11.4 Å². The maximum absolute atomic E-state index is 11.2. The Morgan fingerprint density at radius 3 is 2.62 bits per heavy atom. The van der Waals surface area contributed by atoms with Crippen LogP contribution in [-0.2, 0) is 10.2 Å². The number of unbranched alkanes of at least 4 members (excludes halogenated alkanes) is 1. The van der Waals surface area contributed by atoms with Crippen molar-refractivity contribution >= 4 is 5.97 Å².